The first-order valence-corrected chi connectivity index (χ1v) is 9.90. The molecular weight excluding hydrogens is 296 g/mol. The summed E-state index contributed by atoms with van der Waals surface area (Å²) in [4.78, 5) is 1.60. The molecule has 0 amide bonds. The Balaban J connectivity index is 1.82. The highest BCUT2D eigenvalue weighted by Crippen LogP contribution is 2.49. The Morgan fingerprint density at radius 3 is 2.70 bits per heavy atom. The van der Waals surface area contributed by atoms with E-state index in [-0.39, 0.29) is 0 Å². The fourth-order valence-corrected chi connectivity index (χ4v) is 5.24. The van der Waals surface area contributed by atoms with Crippen LogP contribution < -0.4 is 0 Å². The van der Waals surface area contributed by atoms with Crippen molar-refractivity contribution in [3.8, 4) is 0 Å². The van der Waals surface area contributed by atoms with Crippen molar-refractivity contribution in [3.63, 3.8) is 0 Å². The van der Waals surface area contributed by atoms with Crippen molar-refractivity contribution >= 4 is 11.8 Å². The Bertz CT molecular complexity index is 608. The van der Waals surface area contributed by atoms with Crippen molar-refractivity contribution in [2.75, 3.05) is 0 Å². The van der Waals surface area contributed by atoms with Gasteiger partial charge in [0.15, 0.2) is 0 Å². The Morgan fingerprint density at radius 2 is 1.96 bits per heavy atom. The van der Waals surface area contributed by atoms with Gasteiger partial charge in [-0.1, -0.05) is 81.3 Å². The van der Waals surface area contributed by atoms with Crippen molar-refractivity contribution in [2.24, 2.45) is 0 Å². The Labute approximate surface area is 145 Å². The molecule has 1 unspecified atom stereocenters. The zero-order chi connectivity index (χ0) is 16.1. The van der Waals surface area contributed by atoms with Crippen LogP contribution >= 0.6 is 11.8 Å². The topological polar surface area (TPSA) is 0 Å². The zero-order valence-corrected chi connectivity index (χ0v) is 15.2. The van der Waals surface area contributed by atoms with Gasteiger partial charge >= 0.3 is 0 Å². The van der Waals surface area contributed by atoms with Crippen LogP contribution in [0.15, 0.2) is 65.1 Å². The molecule has 1 heterocycles. The number of hydrogen-bond acceptors (Lipinski definition) is 1. The second kappa shape index (κ2) is 7.57. The van der Waals surface area contributed by atoms with E-state index in [4.69, 9.17) is 0 Å². The maximum Gasteiger partial charge on any atom is 0.0236 e. The Morgan fingerprint density at radius 1 is 1.13 bits per heavy atom. The fraction of sp³-hybridized carbons (Fsp3) is 0.455. The molecule has 1 aromatic rings. The van der Waals surface area contributed by atoms with E-state index < -0.39 is 0 Å². The fourth-order valence-electron chi connectivity index (χ4n) is 3.63. The summed E-state index contributed by atoms with van der Waals surface area (Å²) < 4.78 is 0.413. The minimum Gasteiger partial charge on any atom is -0.123 e. The smallest absolute Gasteiger partial charge is 0.0236 e. The van der Waals surface area contributed by atoms with E-state index in [2.05, 4.69) is 80.2 Å². The van der Waals surface area contributed by atoms with Gasteiger partial charge in [0.2, 0.25) is 0 Å². The summed E-state index contributed by atoms with van der Waals surface area (Å²) in [5.41, 5.74) is 2.90. The molecule has 0 aromatic heterocycles. The SMILES string of the molecule is CCCCC1(CC)CC=CC2=C(C[C@H](c3ccccc3)C=C2)S1. The van der Waals surface area contributed by atoms with Gasteiger partial charge in [-0.2, -0.15) is 0 Å². The number of rotatable bonds is 5. The number of benzene rings is 1. The molecule has 122 valence electrons. The zero-order valence-electron chi connectivity index (χ0n) is 14.4. The molecule has 2 atom stereocenters. The van der Waals surface area contributed by atoms with Gasteiger partial charge in [0.1, 0.15) is 0 Å². The average Bonchev–Trinajstić information content (AvgIpc) is 2.79. The molecule has 1 aromatic carbocycles. The molecule has 2 aliphatic rings. The first-order chi connectivity index (χ1) is 11.3. The standard InChI is InChI=1S/C22H28S/c1-3-5-15-22(4-2)16-9-12-19-13-14-20(17-21(19)23-22)18-10-7-6-8-11-18/h6-14,20H,3-5,15-17H2,1-2H3/t20-,22?/m1/s1. The van der Waals surface area contributed by atoms with Crippen LogP contribution in [0.25, 0.3) is 0 Å². The molecular formula is C22H28S. The number of unbranched alkanes of at least 4 members (excludes halogenated alkanes) is 1. The normalized spacial score (nSPS) is 27.0. The maximum atomic E-state index is 2.42. The summed E-state index contributed by atoms with van der Waals surface area (Å²) in [6.07, 6.45) is 17.1. The molecule has 1 aliphatic carbocycles. The highest BCUT2D eigenvalue weighted by Gasteiger charge is 2.32. The van der Waals surface area contributed by atoms with Gasteiger partial charge in [-0.25, -0.2) is 0 Å². The predicted molar refractivity (Wildman–Crippen MR) is 104 cm³/mol. The predicted octanol–water partition coefficient (Wildman–Crippen LogP) is 7.02. The van der Waals surface area contributed by atoms with Crippen LogP contribution in [0.1, 0.15) is 63.9 Å². The van der Waals surface area contributed by atoms with Gasteiger partial charge in [-0.05, 0) is 41.7 Å². The van der Waals surface area contributed by atoms with E-state index >= 15 is 0 Å². The monoisotopic (exact) mass is 324 g/mol. The van der Waals surface area contributed by atoms with Crippen LogP contribution in [0, 0.1) is 0 Å². The summed E-state index contributed by atoms with van der Waals surface area (Å²) in [6.45, 7) is 4.68. The highest BCUT2D eigenvalue weighted by molar-refractivity contribution is 8.04. The molecule has 0 spiro atoms. The maximum absolute atomic E-state index is 2.42. The lowest BCUT2D eigenvalue weighted by atomic mass is 9.89. The van der Waals surface area contributed by atoms with E-state index in [0.717, 1.165) is 0 Å². The summed E-state index contributed by atoms with van der Waals surface area (Å²) in [5.74, 6) is 0.537. The third kappa shape index (κ3) is 3.83. The molecule has 1 heteroatoms. The van der Waals surface area contributed by atoms with Gasteiger partial charge in [0.25, 0.3) is 0 Å². The van der Waals surface area contributed by atoms with Crippen molar-refractivity contribution in [3.05, 3.63) is 70.7 Å². The first kappa shape index (κ1) is 16.6. The molecule has 0 N–H and O–H groups in total. The quantitative estimate of drug-likeness (QED) is 0.561. The highest BCUT2D eigenvalue weighted by atomic mass is 32.2. The van der Waals surface area contributed by atoms with E-state index in [0.29, 0.717) is 10.7 Å². The summed E-state index contributed by atoms with van der Waals surface area (Å²) in [5, 5.41) is 0. The average molecular weight is 325 g/mol. The molecule has 0 fully saturated rings. The molecule has 0 bridgehead atoms. The Kier molecular flexibility index (Phi) is 5.48. The van der Waals surface area contributed by atoms with Gasteiger partial charge in [0.05, 0.1) is 0 Å². The molecule has 0 nitrogen and oxygen atoms in total. The lowest BCUT2D eigenvalue weighted by molar-refractivity contribution is 0.505. The number of allylic oxidation sites excluding steroid dienone is 6. The van der Waals surface area contributed by atoms with Crippen molar-refractivity contribution in [2.45, 2.75) is 63.0 Å². The van der Waals surface area contributed by atoms with Gasteiger partial charge in [-0.15, -0.1) is 11.8 Å². The summed E-state index contributed by atoms with van der Waals surface area (Å²) in [7, 11) is 0. The lowest BCUT2D eigenvalue weighted by Gasteiger charge is -2.33. The minimum atomic E-state index is 0.413. The number of thioether (sulfide) groups is 1. The molecule has 3 rings (SSSR count). The van der Waals surface area contributed by atoms with Crippen LogP contribution in [0.3, 0.4) is 0 Å². The van der Waals surface area contributed by atoms with Crippen molar-refractivity contribution in [1.82, 2.24) is 0 Å². The van der Waals surface area contributed by atoms with Crippen LogP contribution in [0.2, 0.25) is 0 Å². The van der Waals surface area contributed by atoms with Gasteiger partial charge < -0.3 is 0 Å². The minimum absolute atomic E-state index is 0.413. The lowest BCUT2D eigenvalue weighted by Crippen LogP contribution is -2.23. The molecule has 0 radical (unpaired) electrons. The first-order valence-electron chi connectivity index (χ1n) is 9.08. The number of hydrogen-bond donors (Lipinski definition) is 0. The summed E-state index contributed by atoms with van der Waals surface area (Å²) in [6, 6.07) is 11.0. The second-order valence-corrected chi connectivity index (χ2v) is 8.37. The van der Waals surface area contributed by atoms with Crippen LogP contribution in [-0.2, 0) is 0 Å². The molecule has 0 saturated carbocycles. The Hall–Kier alpha value is -1.21. The third-order valence-electron chi connectivity index (χ3n) is 5.22. The molecule has 0 saturated heterocycles. The van der Waals surface area contributed by atoms with E-state index in [1.165, 1.54) is 49.7 Å². The van der Waals surface area contributed by atoms with E-state index in [1.54, 1.807) is 4.91 Å². The van der Waals surface area contributed by atoms with Crippen LogP contribution in [0.5, 0.6) is 0 Å². The second-order valence-electron chi connectivity index (χ2n) is 6.81. The van der Waals surface area contributed by atoms with E-state index in [9.17, 15) is 0 Å². The molecule has 1 aliphatic heterocycles. The van der Waals surface area contributed by atoms with Crippen LogP contribution in [0.4, 0.5) is 0 Å². The molecule has 23 heavy (non-hydrogen) atoms. The van der Waals surface area contributed by atoms with Gasteiger partial charge in [0, 0.05) is 10.7 Å². The third-order valence-corrected chi connectivity index (χ3v) is 6.96. The largest absolute Gasteiger partial charge is 0.123 e. The van der Waals surface area contributed by atoms with Crippen LogP contribution in [-0.4, -0.2) is 4.75 Å². The summed E-state index contributed by atoms with van der Waals surface area (Å²) >= 11 is 2.19. The van der Waals surface area contributed by atoms with Crippen molar-refractivity contribution in [1.29, 1.82) is 0 Å². The van der Waals surface area contributed by atoms with Gasteiger partial charge in [-0.3, -0.25) is 0 Å². The van der Waals surface area contributed by atoms with E-state index in [1.807, 2.05) is 0 Å². The van der Waals surface area contributed by atoms with Crippen molar-refractivity contribution < 1.29 is 0 Å².